The summed E-state index contributed by atoms with van der Waals surface area (Å²) in [6, 6.07) is 0. The van der Waals surface area contributed by atoms with E-state index in [2.05, 4.69) is 11.9 Å². The van der Waals surface area contributed by atoms with Gasteiger partial charge in [0.05, 0.1) is 0 Å². The van der Waals surface area contributed by atoms with E-state index in [1.54, 1.807) is 13.1 Å². The first kappa shape index (κ1) is 10.6. The number of carbonyl (C=O) groups is 1. The van der Waals surface area contributed by atoms with Crippen LogP contribution in [0.2, 0.25) is 0 Å². The third-order valence-electron chi connectivity index (χ3n) is 1.41. The first-order valence-corrected chi connectivity index (χ1v) is 3.68. The van der Waals surface area contributed by atoms with Crippen LogP contribution in [-0.4, -0.2) is 5.91 Å². The summed E-state index contributed by atoms with van der Waals surface area (Å²) in [6.45, 7) is 5.18. The molecule has 0 aromatic carbocycles. The highest BCUT2D eigenvalue weighted by Gasteiger charge is 2.08. The normalized spacial score (nSPS) is 13.6. The number of rotatable bonds is 5. The summed E-state index contributed by atoms with van der Waals surface area (Å²) in [4.78, 5) is 10.6. The van der Waals surface area contributed by atoms with Gasteiger partial charge in [-0.1, -0.05) is 13.5 Å². The van der Waals surface area contributed by atoms with E-state index in [-0.39, 0.29) is 11.8 Å². The Kier molecular flexibility index (Phi) is 4.60. The van der Waals surface area contributed by atoms with Crippen molar-refractivity contribution in [3.63, 3.8) is 0 Å². The van der Waals surface area contributed by atoms with Crippen molar-refractivity contribution in [1.82, 2.24) is 5.32 Å². The fourth-order valence-electron chi connectivity index (χ4n) is 0.679. The molecule has 0 rings (SSSR count). The van der Waals surface area contributed by atoms with Crippen molar-refractivity contribution < 1.29 is 4.79 Å². The largest absolute Gasteiger partial charge is 0.401 e. The lowest BCUT2D eigenvalue weighted by atomic mass is 10.1. The average molecular weight is 169 g/mol. The predicted molar refractivity (Wildman–Crippen MR) is 48.6 cm³/mol. The number of amides is 1. The molecule has 0 unspecified atom stereocenters. The standard InChI is InChI=1S/C8H15N3O/c1-3-11-5-7(9)4-6(2)8(10)12/h3,5-6,11H,1,4,9H2,2H3,(H2,10,12)/b7-5-/t6-/m0/s1. The van der Waals surface area contributed by atoms with Gasteiger partial charge in [-0.15, -0.1) is 0 Å². The molecule has 0 aromatic rings. The second kappa shape index (κ2) is 5.23. The second-order valence-corrected chi connectivity index (χ2v) is 2.60. The van der Waals surface area contributed by atoms with Crippen molar-refractivity contribution in [2.24, 2.45) is 17.4 Å². The molecule has 0 radical (unpaired) electrons. The third kappa shape index (κ3) is 4.38. The maximum atomic E-state index is 10.6. The average Bonchev–Trinajstić information content (AvgIpc) is 2.00. The van der Waals surface area contributed by atoms with Crippen molar-refractivity contribution in [2.45, 2.75) is 13.3 Å². The van der Waals surface area contributed by atoms with Gasteiger partial charge in [-0.25, -0.2) is 0 Å². The molecule has 0 saturated carbocycles. The smallest absolute Gasteiger partial charge is 0.220 e. The lowest BCUT2D eigenvalue weighted by molar-refractivity contribution is -0.121. The Hall–Kier alpha value is -1.45. The third-order valence-corrected chi connectivity index (χ3v) is 1.41. The van der Waals surface area contributed by atoms with E-state index in [4.69, 9.17) is 11.5 Å². The molecule has 12 heavy (non-hydrogen) atoms. The van der Waals surface area contributed by atoms with E-state index in [0.717, 1.165) is 0 Å². The van der Waals surface area contributed by atoms with Crippen LogP contribution in [0.25, 0.3) is 0 Å². The van der Waals surface area contributed by atoms with Gasteiger partial charge in [0.15, 0.2) is 0 Å². The molecule has 0 bridgehead atoms. The number of nitrogens with two attached hydrogens (primary N) is 2. The number of hydrogen-bond acceptors (Lipinski definition) is 3. The highest BCUT2D eigenvalue weighted by molar-refractivity contribution is 5.76. The Balaban J connectivity index is 3.90. The zero-order valence-electron chi connectivity index (χ0n) is 7.21. The quantitative estimate of drug-likeness (QED) is 0.543. The van der Waals surface area contributed by atoms with Gasteiger partial charge in [0.2, 0.25) is 5.91 Å². The molecule has 1 atom stereocenters. The summed E-state index contributed by atoms with van der Waals surface area (Å²) in [5.41, 5.74) is 11.2. The Morgan fingerprint density at radius 3 is 2.67 bits per heavy atom. The molecule has 0 fully saturated rings. The van der Waals surface area contributed by atoms with E-state index < -0.39 is 0 Å². The van der Waals surface area contributed by atoms with E-state index in [0.29, 0.717) is 12.1 Å². The van der Waals surface area contributed by atoms with Gasteiger partial charge < -0.3 is 16.8 Å². The first-order valence-electron chi connectivity index (χ1n) is 3.68. The molecule has 1 amide bonds. The summed E-state index contributed by atoms with van der Waals surface area (Å²) >= 11 is 0. The lowest BCUT2D eigenvalue weighted by Gasteiger charge is -2.06. The fourth-order valence-corrected chi connectivity index (χ4v) is 0.679. The van der Waals surface area contributed by atoms with Crippen LogP contribution in [0.5, 0.6) is 0 Å². The van der Waals surface area contributed by atoms with E-state index in [1.807, 2.05) is 0 Å². The minimum atomic E-state index is -0.343. The van der Waals surface area contributed by atoms with Crippen LogP contribution in [0.4, 0.5) is 0 Å². The number of allylic oxidation sites excluding steroid dienone is 1. The summed E-state index contributed by atoms with van der Waals surface area (Å²) in [7, 11) is 0. The van der Waals surface area contributed by atoms with Crippen LogP contribution < -0.4 is 16.8 Å². The highest BCUT2D eigenvalue weighted by Crippen LogP contribution is 2.04. The molecule has 0 aliphatic carbocycles. The molecule has 0 saturated heterocycles. The van der Waals surface area contributed by atoms with Crippen LogP contribution in [0.15, 0.2) is 24.7 Å². The van der Waals surface area contributed by atoms with Gasteiger partial charge in [-0.2, -0.15) is 0 Å². The number of primary amides is 1. The summed E-state index contributed by atoms with van der Waals surface area (Å²) in [5, 5.41) is 2.72. The topological polar surface area (TPSA) is 81.1 Å². The minimum absolute atomic E-state index is 0.229. The summed E-state index contributed by atoms with van der Waals surface area (Å²) in [5.74, 6) is -0.571. The van der Waals surface area contributed by atoms with Crippen molar-refractivity contribution in [2.75, 3.05) is 0 Å². The molecule has 68 valence electrons. The van der Waals surface area contributed by atoms with Crippen molar-refractivity contribution >= 4 is 5.91 Å². The Bertz CT molecular complexity index is 198. The predicted octanol–water partition coefficient (Wildman–Crippen LogP) is 0.0311. The van der Waals surface area contributed by atoms with Gasteiger partial charge in [0, 0.05) is 17.8 Å². The van der Waals surface area contributed by atoms with Crippen LogP contribution in [0.3, 0.4) is 0 Å². The lowest BCUT2D eigenvalue weighted by Crippen LogP contribution is -2.22. The van der Waals surface area contributed by atoms with Gasteiger partial charge in [-0.05, 0) is 12.6 Å². The maximum Gasteiger partial charge on any atom is 0.220 e. The molecule has 4 heteroatoms. The highest BCUT2D eigenvalue weighted by atomic mass is 16.1. The fraction of sp³-hybridized carbons (Fsp3) is 0.375. The minimum Gasteiger partial charge on any atom is -0.401 e. The zero-order valence-corrected chi connectivity index (χ0v) is 7.21. The number of nitrogens with one attached hydrogen (secondary N) is 1. The van der Waals surface area contributed by atoms with Gasteiger partial charge in [0.25, 0.3) is 0 Å². The van der Waals surface area contributed by atoms with Crippen molar-refractivity contribution in [3.05, 3.63) is 24.7 Å². The second-order valence-electron chi connectivity index (χ2n) is 2.60. The van der Waals surface area contributed by atoms with Gasteiger partial charge >= 0.3 is 0 Å². The molecule has 0 aliphatic heterocycles. The van der Waals surface area contributed by atoms with Gasteiger partial charge in [-0.3, -0.25) is 4.79 Å². The first-order chi connectivity index (χ1) is 5.57. The monoisotopic (exact) mass is 169 g/mol. The summed E-state index contributed by atoms with van der Waals surface area (Å²) < 4.78 is 0. The molecule has 5 N–H and O–H groups in total. The number of carbonyl (C=O) groups excluding carboxylic acids is 1. The van der Waals surface area contributed by atoms with E-state index in [9.17, 15) is 4.79 Å². The van der Waals surface area contributed by atoms with Crippen LogP contribution in [-0.2, 0) is 4.79 Å². The van der Waals surface area contributed by atoms with E-state index in [1.165, 1.54) is 6.20 Å². The van der Waals surface area contributed by atoms with Gasteiger partial charge in [0.1, 0.15) is 0 Å². The van der Waals surface area contributed by atoms with Crippen LogP contribution >= 0.6 is 0 Å². The Labute approximate surface area is 72.3 Å². The SMILES string of the molecule is C=CN/C=C(\N)C[C@H](C)C(N)=O. The zero-order chi connectivity index (χ0) is 9.56. The van der Waals surface area contributed by atoms with Crippen LogP contribution in [0.1, 0.15) is 13.3 Å². The molecule has 0 aliphatic rings. The number of hydrogen-bond donors (Lipinski definition) is 3. The molecular weight excluding hydrogens is 154 g/mol. The Morgan fingerprint density at radius 2 is 2.25 bits per heavy atom. The summed E-state index contributed by atoms with van der Waals surface area (Å²) in [6.07, 6.45) is 3.56. The molecular formula is C8H15N3O. The van der Waals surface area contributed by atoms with Crippen LogP contribution in [0, 0.1) is 5.92 Å². The maximum absolute atomic E-state index is 10.6. The molecule has 0 spiro atoms. The molecule has 0 aromatic heterocycles. The Morgan fingerprint density at radius 1 is 1.67 bits per heavy atom. The molecule has 4 nitrogen and oxygen atoms in total. The van der Waals surface area contributed by atoms with Crippen molar-refractivity contribution in [3.8, 4) is 0 Å². The van der Waals surface area contributed by atoms with E-state index >= 15 is 0 Å². The molecule has 0 heterocycles. The van der Waals surface area contributed by atoms with Crippen molar-refractivity contribution in [1.29, 1.82) is 0 Å².